The standard InChI is InChI=1S/C21H15F3O3S5/c22-21(23,24)32(25,26)27-31(16-8-3-1-4-9-16,17-10-5-2-6-11-17)20-14-13-19(30-20)29-18-12-7-15-28-18/h1-15H/p+1. The van der Waals surface area contributed by atoms with Gasteiger partial charge < -0.3 is 0 Å². The van der Waals surface area contributed by atoms with Crippen molar-refractivity contribution in [3.8, 4) is 0 Å². The number of rotatable bonds is 7. The van der Waals surface area contributed by atoms with E-state index in [1.54, 1.807) is 84.1 Å². The van der Waals surface area contributed by atoms with Gasteiger partial charge in [0.25, 0.3) is 0 Å². The van der Waals surface area contributed by atoms with Gasteiger partial charge in [-0.1, -0.05) is 54.2 Å². The molecule has 4 aromatic rings. The normalized spacial score (nSPS) is 13.2. The third-order valence-electron chi connectivity index (χ3n) is 4.22. The van der Waals surface area contributed by atoms with Crippen molar-refractivity contribution in [2.24, 2.45) is 0 Å². The second-order valence-electron chi connectivity index (χ2n) is 6.31. The molecule has 0 saturated heterocycles. The van der Waals surface area contributed by atoms with Gasteiger partial charge in [0.1, 0.15) is 4.21 Å². The zero-order chi connectivity index (χ0) is 22.8. The molecular weight excluding hydrogens is 518 g/mol. The molecule has 11 heteroatoms. The number of thiophene rings is 2. The Labute approximate surface area is 197 Å². The molecule has 0 aliphatic heterocycles. The molecule has 0 atom stereocenters. The summed E-state index contributed by atoms with van der Waals surface area (Å²) in [5.41, 5.74) is -5.50. The van der Waals surface area contributed by atoms with Crippen LogP contribution in [0.4, 0.5) is 13.2 Å². The lowest BCUT2D eigenvalue weighted by atomic mass is 10.4. The molecule has 0 aliphatic carbocycles. The zero-order valence-corrected chi connectivity index (χ0v) is 20.2. The van der Waals surface area contributed by atoms with E-state index in [-0.39, 0.29) is 0 Å². The smallest absolute Gasteiger partial charge is 0.254 e. The van der Waals surface area contributed by atoms with Crippen LogP contribution in [0.25, 0.3) is 0 Å². The first-order valence-electron chi connectivity index (χ1n) is 9.03. The summed E-state index contributed by atoms with van der Waals surface area (Å²) < 4.78 is 71.3. The minimum absolute atomic E-state index is 0.411. The Kier molecular flexibility index (Phi) is 6.76. The predicted molar refractivity (Wildman–Crippen MR) is 126 cm³/mol. The van der Waals surface area contributed by atoms with Crippen molar-refractivity contribution in [3.63, 3.8) is 0 Å². The average Bonchev–Trinajstić information content (AvgIpc) is 3.45. The molecule has 2 aromatic heterocycles. The van der Waals surface area contributed by atoms with E-state index in [1.165, 1.54) is 23.1 Å². The molecule has 1 N–H and O–H groups in total. The summed E-state index contributed by atoms with van der Waals surface area (Å²) in [6.45, 7) is 0. The van der Waals surface area contributed by atoms with Crippen LogP contribution in [0.5, 0.6) is 0 Å². The number of alkyl halides is 3. The number of hydrogen-bond acceptors (Lipinski definition) is 5. The SMILES string of the molecule is O=S(=O)([OH+]S(c1ccccc1)(c1ccccc1)c1ccc(Sc2cccs2)s1)C(F)(F)F. The summed E-state index contributed by atoms with van der Waals surface area (Å²) in [5.74, 6) is 0. The van der Waals surface area contributed by atoms with Crippen molar-refractivity contribution in [3.05, 3.63) is 90.3 Å². The van der Waals surface area contributed by atoms with Crippen LogP contribution in [0.3, 0.4) is 0 Å². The quantitative estimate of drug-likeness (QED) is 0.137. The van der Waals surface area contributed by atoms with Crippen LogP contribution >= 0.6 is 44.7 Å². The monoisotopic (exact) mass is 533 g/mol. The largest absolute Gasteiger partial charge is 0.572 e. The highest BCUT2D eigenvalue weighted by Crippen LogP contribution is 2.70. The molecule has 3 nitrogen and oxygen atoms in total. The molecule has 0 aliphatic rings. The Bertz CT molecular complexity index is 1230. The molecule has 4 rings (SSSR count). The van der Waals surface area contributed by atoms with E-state index in [9.17, 15) is 21.6 Å². The second-order valence-corrected chi connectivity index (χ2v) is 14.8. The van der Waals surface area contributed by atoms with Gasteiger partial charge in [0.05, 0.1) is 28.5 Å². The van der Waals surface area contributed by atoms with Crippen molar-refractivity contribution < 1.29 is 25.2 Å². The van der Waals surface area contributed by atoms with Crippen LogP contribution < -0.4 is 0 Å². The fourth-order valence-electron chi connectivity index (χ4n) is 2.85. The van der Waals surface area contributed by atoms with E-state index in [4.69, 9.17) is 0 Å². The van der Waals surface area contributed by atoms with Gasteiger partial charge in [-0.2, -0.15) is 13.2 Å². The van der Waals surface area contributed by atoms with E-state index >= 15 is 0 Å². The molecule has 168 valence electrons. The highest BCUT2D eigenvalue weighted by atomic mass is 32.3. The van der Waals surface area contributed by atoms with Crippen LogP contribution in [0.15, 0.2) is 113 Å². The Balaban J connectivity index is 1.94. The lowest BCUT2D eigenvalue weighted by Crippen LogP contribution is -2.30. The van der Waals surface area contributed by atoms with Gasteiger partial charge >= 0.3 is 15.6 Å². The number of hydrogen-bond donors (Lipinski definition) is 0. The van der Waals surface area contributed by atoms with Gasteiger partial charge in [-0.3, -0.25) is 3.63 Å². The highest BCUT2D eigenvalue weighted by Gasteiger charge is 2.58. The number of benzene rings is 2. The van der Waals surface area contributed by atoms with Crippen LogP contribution in [0, 0.1) is 0 Å². The number of halogens is 3. The summed E-state index contributed by atoms with van der Waals surface area (Å²) >= 11 is 4.29. The summed E-state index contributed by atoms with van der Waals surface area (Å²) in [6, 6.07) is 24.0. The average molecular weight is 534 g/mol. The molecule has 0 saturated carbocycles. The van der Waals surface area contributed by atoms with Crippen LogP contribution in [0.2, 0.25) is 0 Å². The maximum atomic E-state index is 13.5. The first-order chi connectivity index (χ1) is 15.2. The van der Waals surface area contributed by atoms with E-state index in [2.05, 4.69) is 3.63 Å². The second kappa shape index (κ2) is 9.24. The molecule has 0 fully saturated rings. The first kappa shape index (κ1) is 23.4. The Morgan fingerprint density at radius 3 is 1.84 bits per heavy atom. The minimum Gasteiger partial charge on any atom is -0.254 e. The Morgan fingerprint density at radius 2 is 1.34 bits per heavy atom. The highest BCUT2D eigenvalue weighted by molar-refractivity contribution is 8.33. The van der Waals surface area contributed by atoms with Crippen molar-refractivity contribution in [2.75, 3.05) is 0 Å². The fraction of sp³-hybridized carbons (Fsp3) is 0.0476. The van der Waals surface area contributed by atoms with E-state index in [0.717, 1.165) is 8.42 Å². The van der Waals surface area contributed by atoms with Gasteiger partial charge in [0.2, 0.25) is 0 Å². The van der Waals surface area contributed by atoms with Gasteiger partial charge in [-0.05, 0) is 47.8 Å². The molecule has 32 heavy (non-hydrogen) atoms. The van der Waals surface area contributed by atoms with Crippen LogP contribution in [0.1, 0.15) is 0 Å². The van der Waals surface area contributed by atoms with Crippen LogP contribution in [-0.2, 0) is 10.1 Å². The molecule has 0 amide bonds. The van der Waals surface area contributed by atoms with Crippen molar-refractivity contribution in [1.29, 1.82) is 0 Å². The first-order valence-corrected chi connectivity index (χ1v) is 14.6. The van der Waals surface area contributed by atoms with Gasteiger partial charge in [-0.25, -0.2) is 0 Å². The van der Waals surface area contributed by atoms with Gasteiger partial charge in [0.15, 0.2) is 0 Å². The Morgan fingerprint density at radius 1 is 0.750 bits per heavy atom. The molecule has 2 heterocycles. The molecule has 0 bridgehead atoms. The Hall–Kier alpha value is -1.76. The summed E-state index contributed by atoms with van der Waals surface area (Å²) in [7, 11) is -8.88. The summed E-state index contributed by atoms with van der Waals surface area (Å²) in [6.07, 6.45) is 0. The maximum absolute atomic E-state index is 13.5. The molecule has 0 radical (unpaired) electrons. The van der Waals surface area contributed by atoms with E-state index in [1.807, 2.05) is 17.5 Å². The van der Waals surface area contributed by atoms with Crippen molar-refractivity contribution >= 4 is 54.9 Å². The van der Waals surface area contributed by atoms with E-state index in [0.29, 0.717) is 14.0 Å². The molecule has 0 spiro atoms. The minimum atomic E-state index is -5.78. The topological polar surface area (TPSA) is 46.9 Å². The third-order valence-corrected chi connectivity index (χ3v) is 13.1. The molecule has 0 unspecified atom stereocenters. The maximum Gasteiger partial charge on any atom is 0.572 e. The fourth-order valence-corrected chi connectivity index (χ4v) is 12.1. The van der Waals surface area contributed by atoms with Crippen molar-refractivity contribution in [2.45, 2.75) is 27.9 Å². The molecular formula is C21H16F3O3S5+. The van der Waals surface area contributed by atoms with Crippen LogP contribution in [-0.4, -0.2) is 17.6 Å². The predicted octanol–water partition coefficient (Wildman–Crippen LogP) is 8.10. The molecule has 2 aromatic carbocycles. The van der Waals surface area contributed by atoms with Gasteiger partial charge in [0, 0.05) is 0 Å². The summed E-state index contributed by atoms with van der Waals surface area (Å²) in [4.78, 5) is 0.821. The van der Waals surface area contributed by atoms with E-state index < -0.39 is 25.9 Å². The summed E-state index contributed by atoms with van der Waals surface area (Å²) in [5, 5.41) is 1.94. The van der Waals surface area contributed by atoms with Gasteiger partial charge in [-0.15, -0.1) is 31.1 Å². The lowest BCUT2D eigenvalue weighted by Gasteiger charge is -2.33. The lowest BCUT2D eigenvalue weighted by molar-refractivity contribution is -0.0540. The zero-order valence-electron chi connectivity index (χ0n) is 16.1. The van der Waals surface area contributed by atoms with Crippen molar-refractivity contribution in [1.82, 2.24) is 0 Å². The third kappa shape index (κ3) is 4.63.